The van der Waals surface area contributed by atoms with Gasteiger partial charge in [-0.05, 0) is 18.6 Å². The number of carbonyl (C=O) groups is 1. The second-order valence-electron chi connectivity index (χ2n) is 2.98. The van der Waals surface area contributed by atoms with Crippen molar-refractivity contribution in [3.63, 3.8) is 0 Å². The maximum Gasteiger partial charge on any atom is 0.352 e. The Morgan fingerprint density at radius 2 is 1.87 bits per heavy atom. The highest BCUT2D eigenvalue weighted by Gasteiger charge is 2.11. The number of aromatic nitrogens is 1. The molecule has 0 fully saturated rings. The van der Waals surface area contributed by atoms with Gasteiger partial charge < -0.3 is 10.1 Å². The van der Waals surface area contributed by atoms with Crippen molar-refractivity contribution in [2.24, 2.45) is 0 Å². The standard InChI is InChI=1S/C10H9NO2.C2H6/c1-6-7-4-2-3-5-8(7)11-9(6)10(12)13;1-2/h2-5,11H,1H3,(H,12,13);1-2H3. The molecule has 0 radical (unpaired) electrons. The summed E-state index contributed by atoms with van der Waals surface area (Å²) in [6, 6.07) is 7.56. The number of hydrogen-bond acceptors (Lipinski definition) is 1. The van der Waals surface area contributed by atoms with E-state index in [2.05, 4.69) is 4.98 Å². The first-order valence-electron chi connectivity index (χ1n) is 5.01. The highest BCUT2D eigenvalue weighted by Crippen LogP contribution is 2.20. The molecule has 1 heterocycles. The molecule has 80 valence electrons. The third-order valence-corrected chi connectivity index (χ3v) is 2.18. The van der Waals surface area contributed by atoms with Gasteiger partial charge in [-0.2, -0.15) is 0 Å². The molecule has 3 heteroatoms. The van der Waals surface area contributed by atoms with Crippen LogP contribution < -0.4 is 0 Å². The van der Waals surface area contributed by atoms with E-state index in [4.69, 9.17) is 5.11 Å². The fourth-order valence-corrected chi connectivity index (χ4v) is 1.50. The van der Waals surface area contributed by atoms with Crippen LogP contribution in [-0.2, 0) is 0 Å². The number of para-hydroxylation sites is 1. The minimum atomic E-state index is -0.909. The maximum atomic E-state index is 10.8. The van der Waals surface area contributed by atoms with Gasteiger partial charge in [-0.25, -0.2) is 4.79 Å². The fraction of sp³-hybridized carbons (Fsp3) is 0.250. The van der Waals surface area contributed by atoms with Gasteiger partial charge in [0.15, 0.2) is 0 Å². The van der Waals surface area contributed by atoms with Gasteiger partial charge in [-0.1, -0.05) is 32.0 Å². The van der Waals surface area contributed by atoms with Crippen LogP contribution in [0.2, 0.25) is 0 Å². The lowest BCUT2D eigenvalue weighted by atomic mass is 10.1. The number of aromatic carboxylic acids is 1. The summed E-state index contributed by atoms with van der Waals surface area (Å²) in [5.74, 6) is -0.909. The van der Waals surface area contributed by atoms with Gasteiger partial charge in [0.05, 0.1) is 0 Å². The second kappa shape index (κ2) is 4.64. The van der Waals surface area contributed by atoms with Crippen LogP contribution in [0.1, 0.15) is 29.9 Å². The predicted molar refractivity (Wildman–Crippen MR) is 61.3 cm³/mol. The zero-order chi connectivity index (χ0) is 11.4. The monoisotopic (exact) mass is 205 g/mol. The largest absolute Gasteiger partial charge is 0.477 e. The average molecular weight is 205 g/mol. The molecule has 0 bridgehead atoms. The van der Waals surface area contributed by atoms with Gasteiger partial charge in [-0.15, -0.1) is 0 Å². The summed E-state index contributed by atoms with van der Waals surface area (Å²) >= 11 is 0. The SMILES string of the molecule is CC.Cc1c(C(=O)O)[nH]c2ccccc12. The first-order chi connectivity index (χ1) is 7.20. The maximum absolute atomic E-state index is 10.8. The smallest absolute Gasteiger partial charge is 0.352 e. The molecular weight excluding hydrogens is 190 g/mol. The minimum Gasteiger partial charge on any atom is -0.477 e. The van der Waals surface area contributed by atoms with E-state index in [-0.39, 0.29) is 5.69 Å². The summed E-state index contributed by atoms with van der Waals surface area (Å²) in [6.07, 6.45) is 0. The summed E-state index contributed by atoms with van der Waals surface area (Å²) in [4.78, 5) is 13.6. The van der Waals surface area contributed by atoms with Crippen LogP contribution in [0.5, 0.6) is 0 Å². The molecule has 2 aromatic rings. The Bertz CT molecular complexity index is 471. The summed E-state index contributed by atoms with van der Waals surface area (Å²) in [6.45, 7) is 5.81. The number of rotatable bonds is 1. The highest BCUT2D eigenvalue weighted by atomic mass is 16.4. The van der Waals surface area contributed by atoms with E-state index >= 15 is 0 Å². The van der Waals surface area contributed by atoms with E-state index in [9.17, 15) is 4.79 Å². The molecule has 0 atom stereocenters. The Labute approximate surface area is 88.7 Å². The van der Waals surface area contributed by atoms with Crippen molar-refractivity contribution in [3.05, 3.63) is 35.5 Å². The topological polar surface area (TPSA) is 53.1 Å². The van der Waals surface area contributed by atoms with Gasteiger partial charge >= 0.3 is 5.97 Å². The zero-order valence-electron chi connectivity index (χ0n) is 9.16. The van der Waals surface area contributed by atoms with Crippen molar-refractivity contribution < 1.29 is 9.90 Å². The summed E-state index contributed by atoms with van der Waals surface area (Å²) < 4.78 is 0. The number of carboxylic acid groups (broad SMARTS) is 1. The molecule has 2 N–H and O–H groups in total. The molecule has 1 aromatic heterocycles. The van der Waals surface area contributed by atoms with Crippen molar-refractivity contribution in [2.45, 2.75) is 20.8 Å². The predicted octanol–water partition coefficient (Wildman–Crippen LogP) is 3.20. The number of fused-ring (bicyclic) bond motifs is 1. The number of aromatic amines is 1. The van der Waals surface area contributed by atoms with Crippen LogP contribution in [0.4, 0.5) is 0 Å². The van der Waals surface area contributed by atoms with Gasteiger partial charge in [0.25, 0.3) is 0 Å². The lowest BCUT2D eigenvalue weighted by molar-refractivity contribution is 0.0691. The van der Waals surface area contributed by atoms with Crippen LogP contribution >= 0.6 is 0 Å². The van der Waals surface area contributed by atoms with E-state index in [1.54, 1.807) is 0 Å². The zero-order valence-corrected chi connectivity index (χ0v) is 9.16. The molecule has 0 unspecified atom stereocenters. The molecule has 15 heavy (non-hydrogen) atoms. The molecule has 0 aliphatic heterocycles. The van der Waals surface area contributed by atoms with E-state index in [1.165, 1.54) is 0 Å². The van der Waals surface area contributed by atoms with Crippen LogP contribution in [0, 0.1) is 6.92 Å². The Morgan fingerprint density at radius 3 is 2.40 bits per heavy atom. The molecule has 1 aromatic carbocycles. The quantitative estimate of drug-likeness (QED) is 0.751. The molecule has 0 amide bonds. The molecule has 0 aliphatic carbocycles. The number of H-pyrrole nitrogens is 1. The Kier molecular flexibility index (Phi) is 3.50. The lowest BCUT2D eigenvalue weighted by Gasteiger charge is -1.89. The summed E-state index contributed by atoms with van der Waals surface area (Å²) in [7, 11) is 0. The first kappa shape index (κ1) is 11.3. The second-order valence-corrected chi connectivity index (χ2v) is 2.98. The lowest BCUT2D eigenvalue weighted by Crippen LogP contribution is -1.97. The van der Waals surface area contributed by atoms with Gasteiger partial charge in [-0.3, -0.25) is 0 Å². The van der Waals surface area contributed by atoms with Crippen molar-refractivity contribution in [2.75, 3.05) is 0 Å². The molecule has 0 spiro atoms. The Hall–Kier alpha value is -1.77. The van der Waals surface area contributed by atoms with E-state index in [0.717, 1.165) is 16.5 Å². The van der Waals surface area contributed by atoms with Crippen molar-refractivity contribution in [3.8, 4) is 0 Å². The van der Waals surface area contributed by atoms with Gasteiger partial charge in [0.2, 0.25) is 0 Å². The van der Waals surface area contributed by atoms with Crippen molar-refractivity contribution in [1.29, 1.82) is 0 Å². The van der Waals surface area contributed by atoms with Gasteiger partial charge in [0.1, 0.15) is 5.69 Å². The van der Waals surface area contributed by atoms with E-state index in [0.29, 0.717) is 0 Å². The summed E-state index contributed by atoms with van der Waals surface area (Å²) in [5.41, 5.74) is 1.95. The Morgan fingerprint density at radius 1 is 1.27 bits per heavy atom. The third-order valence-electron chi connectivity index (χ3n) is 2.18. The normalized spacial score (nSPS) is 9.53. The molecule has 0 saturated carbocycles. The number of hydrogen-bond donors (Lipinski definition) is 2. The van der Waals surface area contributed by atoms with Crippen molar-refractivity contribution >= 4 is 16.9 Å². The molecular formula is C12H15NO2. The molecule has 0 aliphatic rings. The van der Waals surface area contributed by atoms with Crippen LogP contribution in [-0.4, -0.2) is 16.1 Å². The fourth-order valence-electron chi connectivity index (χ4n) is 1.50. The van der Waals surface area contributed by atoms with Crippen molar-refractivity contribution in [1.82, 2.24) is 4.98 Å². The van der Waals surface area contributed by atoms with Crippen LogP contribution in [0.3, 0.4) is 0 Å². The van der Waals surface area contributed by atoms with Gasteiger partial charge in [0, 0.05) is 10.9 Å². The number of nitrogens with one attached hydrogen (secondary N) is 1. The highest BCUT2D eigenvalue weighted by molar-refractivity contribution is 5.97. The minimum absolute atomic E-state index is 0.279. The van der Waals surface area contributed by atoms with Crippen LogP contribution in [0.25, 0.3) is 10.9 Å². The first-order valence-corrected chi connectivity index (χ1v) is 5.01. The molecule has 2 rings (SSSR count). The third kappa shape index (κ3) is 2.01. The number of carboxylic acids is 1. The molecule has 0 saturated heterocycles. The van der Waals surface area contributed by atoms with E-state index < -0.39 is 5.97 Å². The van der Waals surface area contributed by atoms with E-state index in [1.807, 2.05) is 45.0 Å². The number of benzene rings is 1. The van der Waals surface area contributed by atoms with Crippen LogP contribution in [0.15, 0.2) is 24.3 Å². The summed E-state index contributed by atoms with van der Waals surface area (Å²) in [5, 5.41) is 9.81. The Balaban J connectivity index is 0.000000531. The number of aryl methyl sites for hydroxylation is 1. The average Bonchev–Trinajstić information content (AvgIpc) is 2.60. The molecule has 3 nitrogen and oxygen atoms in total.